The van der Waals surface area contributed by atoms with Gasteiger partial charge in [-0.15, -0.1) is 0 Å². The number of esters is 1. The minimum Gasteiger partial charge on any atom is -0.508 e. The van der Waals surface area contributed by atoms with Gasteiger partial charge in [0.1, 0.15) is 66.9 Å². The molecular formula is C26H32O14. The fourth-order valence-electron chi connectivity index (χ4n) is 4.37. The lowest BCUT2D eigenvalue weighted by Gasteiger charge is -2.45. The summed E-state index contributed by atoms with van der Waals surface area (Å²) in [6.45, 7) is -1.80. The van der Waals surface area contributed by atoms with E-state index >= 15 is 0 Å². The summed E-state index contributed by atoms with van der Waals surface area (Å²) in [4.78, 5) is 12.4. The standard InChI is InChI=1S/C26H32O14/c27-9-16-18(30)20(32)21(33)25(38-16)40-23-19(31)17(10-28)39-26(22(23)34)37-15-7-6-14(29)8-13(15)11-36-24(35)12-4-2-1-3-5-12/h1-8,16-23,25-34H,9-11H2. The lowest BCUT2D eigenvalue weighted by atomic mass is 9.97. The van der Waals surface area contributed by atoms with Gasteiger partial charge in [-0.1, -0.05) is 18.2 Å². The summed E-state index contributed by atoms with van der Waals surface area (Å²) in [6, 6.07) is 12.0. The monoisotopic (exact) mass is 568 g/mol. The second kappa shape index (κ2) is 13.2. The van der Waals surface area contributed by atoms with Crippen LogP contribution in [0.1, 0.15) is 15.9 Å². The molecule has 220 valence electrons. The van der Waals surface area contributed by atoms with E-state index in [4.69, 9.17) is 23.7 Å². The Hall–Kier alpha value is -2.89. The molecule has 4 rings (SSSR count). The molecule has 40 heavy (non-hydrogen) atoms. The van der Waals surface area contributed by atoms with Gasteiger partial charge in [-0.2, -0.15) is 0 Å². The normalized spacial score (nSPS) is 34.3. The SMILES string of the molecule is O=C(OCc1cc(O)ccc1OC1OC(CO)C(O)C(OC2OC(CO)C(O)C(O)C2O)C1O)c1ccccc1. The number of hydrogen-bond donors (Lipinski definition) is 8. The fourth-order valence-corrected chi connectivity index (χ4v) is 4.37. The van der Waals surface area contributed by atoms with E-state index in [1.807, 2.05) is 0 Å². The molecule has 8 N–H and O–H groups in total. The molecule has 10 atom stereocenters. The van der Waals surface area contributed by atoms with Crippen LogP contribution in [0.4, 0.5) is 0 Å². The highest BCUT2D eigenvalue weighted by Crippen LogP contribution is 2.32. The third-order valence-corrected chi connectivity index (χ3v) is 6.62. The maximum atomic E-state index is 12.4. The number of phenols is 1. The number of aliphatic hydroxyl groups is 7. The van der Waals surface area contributed by atoms with Gasteiger partial charge >= 0.3 is 5.97 Å². The minimum absolute atomic E-state index is 0.0161. The molecule has 0 saturated carbocycles. The highest BCUT2D eigenvalue weighted by molar-refractivity contribution is 5.89. The second-order valence-electron chi connectivity index (χ2n) is 9.36. The Balaban J connectivity index is 1.51. The first-order valence-corrected chi connectivity index (χ1v) is 12.4. The highest BCUT2D eigenvalue weighted by atomic mass is 16.7. The Morgan fingerprint density at radius 1 is 0.775 bits per heavy atom. The summed E-state index contributed by atoms with van der Waals surface area (Å²) in [5, 5.41) is 81.2. The van der Waals surface area contributed by atoms with Crippen LogP contribution in [-0.4, -0.2) is 121 Å². The summed E-state index contributed by atoms with van der Waals surface area (Å²) in [5.41, 5.74) is 0.488. The van der Waals surface area contributed by atoms with Gasteiger partial charge in [-0.25, -0.2) is 4.79 Å². The molecular weight excluding hydrogens is 536 g/mol. The molecule has 0 spiro atoms. The molecule has 0 bridgehead atoms. The van der Waals surface area contributed by atoms with Crippen molar-refractivity contribution in [3.63, 3.8) is 0 Å². The van der Waals surface area contributed by atoms with Crippen molar-refractivity contribution in [3.8, 4) is 11.5 Å². The average molecular weight is 569 g/mol. The molecule has 2 aliphatic rings. The first-order chi connectivity index (χ1) is 19.1. The Morgan fingerprint density at radius 2 is 1.43 bits per heavy atom. The minimum atomic E-state index is -1.82. The maximum Gasteiger partial charge on any atom is 0.338 e. The van der Waals surface area contributed by atoms with E-state index in [0.29, 0.717) is 5.56 Å². The molecule has 2 fully saturated rings. The van der Waals surface area contributed by atoms with Gasteiger partial charge in [-0.05, 0) is 30.3 Å². The van der Waals surface area contributed by atoms with Crippen LogP contribution >= 0.6 is 0 Å². The molecule has 2 heterocycles. The van der Waals surface area contributed by atoms with E-state index in [2.05, 4.69) is 0 Å². The number of carbonyl (C=O) groups excluding carboxylic acids is 1. The number of carbonyl (C=O) groups is 1. The van der Waals surface area contributed by atoms with Crippen LogP contribution in [0.2, 0.25) is 0 Å². The van der Waals surface area contributed by atoms with Crippen molar-refractivity contribution in [1.29, 1.82) is 0 Å². The van der Waals surface area contributed by atoms with Crippen LogP contribution in [0.25, 0.3) is 0 Å². The zero-order valence-corrected chi connectivity index (χ0v) is 21.0. The Labute approximate surface area is 228 Å². The van der Waals surface area contributed by atoms with Crippen LogP contribution in [0.15, 0.2) is 48.5 Å². The van der Waals surface area contributed by atoms with Crippen molar-refractivity contribution in [2.75, 3.05) is 13.2 Å². The third kappa shape index (κ3) is 6.53. The summed E-state index contributed by atoms with van der Waals surface area (Å²) >= 11 is 0. The van der Waals surface area contributed by atoms with Gasteiger partial charge in [0.2, 0.25) is 6.29 Å². The average Bonchev–Trinajstić information content (AvgIpc) is 2.96. The summed E-state index contributed by atoms with van der Waals surface area (Å²) in [7, 11) is 0. The molecule has 10 unspecified atom stereocenters. The lowest BCUT2D eigenvalue weighted by Crippen LogP contribution is -2.65. The number of rotatable bonds is 9. The Bertz CT molecular complexity index is 1110. The second-order valence-corrected chi connectivity index (χ2v) is 9.36. The molecule has 14 heteroatoms. The molecule has 2 saturated heterocycles. The van der Waals surface area contributed by atoms with Crippen LogP contribution in [-0.2, 0) is 25.6 Å². The van der Waals surface area contributed by atoms with E-state index in [1.54, 1.807) is 30.3 Å². The zero-order chi connectivity index (χ0) is 29.0. The van der Waals surface area contributed by atoms with Gasteiger partial charge < -0.3 is 64.5 Å². The predicted molar refractivity (Wildman–Crippen MR) is 131 cm³/mol. The molecule has 0 radical (unpaired) electrons. The van der Waals surface area contributed by atoms with Crippen molar-refractivity contribution in [3.05, 3.63) is 59.7 Å². The molecule has 0 aromatic heterocycles. The zero-order valence-electron chi connectivity index (χ0n) is 21.0. The number of phenolic OH excluding ortho intramolecular Hbond substituents is 1. The van der Waals surface area contributed by atoms with Crippen LogP contribution in [0, 0.1) is 0 Å². The van der Waals surface area contributed by atoms with Gasteiger partial charge in [0.15, 0.2) is 6.29 Å². The highest BCUT2D eigenvalue weighted by Gasteiger charge is 2.51. The molecule has 0 amide bonds. The van der Waals surface area contributed by atoms with E-state index in [9.17, 15) is 45.6 Å². The number of benzene rings is 2. The van der Waals surface area contributed by atoms with Crippen LogP contribution in [0.3, 0.4) is 0 Å². The van der Waals surface area contributed by atoms with Gasteiger partial charge in [0.25, 0.3) is 0 Å². The maximum absolute atomic E-state index is 12.4. The van der Waals surface area contributed by atoms with E-state index in [-0.39, 0.29) is 23.7 Å². The molecule has 2 aromatic carbocycles. The Morgan fingerprint density at radius 3 is 2.10 bits per heavy atom. The summed E-state index contributed by atoms with van der Waals surface area (Å²) in [6.07, 6.45) is -16.3. The number of aliphatic hydroxyl groups excluding tert-OH is 7. The van der Waals surface area contributed by atoms with Crippen molar-refractivity contribution in [2.24, 2.45) is 0 Å². The quantitative estimate of drug-likeness (QED) is 0.150. The van der Waals surface area contributed by atoms with E-state index < -0.39 is 80.6 Å². The number of hydrogen-bond acceptors (Lipinski definition) is 14. The third-order valence-electron chi connectivity index (χ3n) is 6.62. The number of ether oxygens (including phenoxy) is 5. The van der Waals surface area contributed by atoms with Gasteiger partial charge in [0.05, 0.1) is 18.8 Å². The van der Waals surface area contributed by atoms with Gasteiger partial charge in [-0.3, -0.25) is 0 Å². The Kier molecular flexibility index (Phi) is 9.91. The van der Waals surface area contributed by atoms with E-state index in [1.165, 1.54) is 18.2 Å². The predicted octanol–water partition coefficient (Wildman–Crippen LogP) is -2.25. The largest absolute Gasteiger partial charge is 0.508 e. The van der Waals surface area contributed by atoms with E-state index in [0.717, 1.165) is 0 Å². The topological polar surface area (TPSA) is 225 Å². The summed E-state index contributed by atoms with van der Waals surface area (Å²) < 4.78 is 27.5. The first-order valence-electron chi connectivity index (χ1n) is 12.4. The first kappa shape index (κ1) is 30.1. The van der Waals surface area contributed by atoms with Crippen LogP contribution < -0.4 is 4.74 Å². The molecule has 14 nitrogen and oxygen atoms in total. The van der Waals surface area contributed by atoms with Gasteiger partial charge in [0, 0.05) is 5.56 Å². The molecule has 2 aromatic rings. The van der Waals surface area contributed by atoms with Crippen molar-refractivity contribution in [1.82, 2.24) is 0 Å². The smallest absolute Gasteiger partial charge is 0.338 e. The lowest BCUT2D eigenvalue weighted by molar-refractivity contribution is -0.352. The molecule has 0 aliphatic carbocycles. The van der Waals surface area contributed by atoms with Crippen molar-refractivity contribution >= 4 is 5.97 Å². The number of aromatic hydroxyl groups is 1. The van der Waals surface area contributed by atoms with Crippen molar-refractivity contribution < 1.29 is 69.3 Å². The summed E-state index contributed by atoms with van der Waals surface area (Å²) in [5.74, 6) is -0.793. The fraction of sp³-hybridized carbons (Fsp3) is 0.500. The molecule has 2 aliphatic heterocycles. The van der Waals surface area contributed by atoms with Crippen molar-refractivity contribution in [2.45, 2.75) is 68.0 Å². The van der Waals surface area contributed by atoms with Crippen LogP contribution in [0.5, 0.6) is 11.5 Å².